The molecular formula is C8H17N. The monoisotopic (exact) mass is 127 g/mol. The third-order valence-corrected chi connectivity index (χ3v) is 3.02. The lowest BCUT2D eigenvalue weighted by Crippen LogP contribution is -2.25. The summed E-state index contributed by atoms with van der Waals surface area (Å²) >= 11 is 0. The Kier molecular flexibility index (Phi) is 1.19. The second kappa shape index (κ2) is 1.51. The van der Waals surface area contributed by atoms with Crippen LogP contribution >= 0.6 is 0 Å². The third-order valence-electron chi connectivity index (χ3n) is 3.02. The van der Waals surface area contributed by atoms with Crippen molar-refractivity contribution in [1.82, 2.24) is 0 Å². The Morgan fingerprint density at radius 1 is 1.44 bits per heavy atom. The average molecular weight is 127 g/mol. The van der Waals surface area contributed by atoms with Crippen molar-refractivity contribution >= 4 is 0 Å². The molecule has 1 fully saturated rings. The molecular weight excluding hydrogens is 110 g/mol. The summed E-state index contributed by atoms with van der Waals surface area (Å²) < 4.78 is 0. The SMILES string of the molecule is CC(C)(C)[C@@]1(C)C[C@@H]1N. The highest BCUT2D eigenvalue weighted by molar-refractivity contribution is 5.08. The van der Waals surface area contributed by atoms with Gasteiger partial charge in [-0.1, -0.05) is 27.7 Å². The summed E-state index contributed by atoms with van der Waals surface area (Å²) in [5, 5.41) is 0. The molecule has 0 saturated heterocycles. The Hall–Kier alpha value is -0.0400. The predicted octanol–water partition coefficient (Wildman–Crippen LogP) is 1.77. The Balaban J connectivity index is 2.64. The molecule has 2 atom stereocenters. The maximum atomic E-state index is 5.79. The van der Waals surface area contributed by atoms with Crippen LogP contribution in [0.3, 0.4) is 0 Å². The fourth-order valence-electron chi connectivity index (χ4n) is 1.26. The van der Waals surface area contributed by atoms with Gasteiger partial charge in [0.2, 0.25) is 0 Å². The lowest BCUT2D eigenvalue weighted by atomic mass is 9.78. The molecule has 1 heteroatoms. The Bertz CT molecular complexity index is 123. The van der Waals surface area contributed by atoms with E-state index in [-0.39, 0.29) is 0 Å². The van der Waals surface area contributed by atoms with Crippen molar-refractivity contribution in [3.8, 4) is 0 Å². The molecule has 9 heavy (non-hydrogen) atoms. The van der Waals surface area contributed by atoms with Crippen LogP contribution in [0, 0.1) is 10.8 Å². The van der Waals surface area contributed by atoms with Gasteiger partial charge in [0.05, 0.1) is 0 Å². The number of rotatable bonds is 0. The van der Waals surface area contributed by atoms with E-state index in [0.29, 0.717) is 16.9 Å². The molecule has 0 radical (unpaired) electrons. The van der Waals surface area contributed by atoms with E-state index in [1.165, 1.54) is 6.42 Å². The third kappa shape index (κ3) is 0.877. The van der Waals surface area contributed by atoms with E-state index >= 15 is 0 Å². The fraction of sp³-hybridized carbons (Fsp3) is 1.00. The summed E-state index contributed by atoms with van der Waals surface area (Å²) in [6, 6.07) is 0.456. The molecule has 1 saturated carbocycles. The van der Waals surface area contributed by atoms with E-state index in [1.54, 1.807) is 0 Å². The first kappa shape index (κ1) is 7.07. The number of hydrogen-bond acceptors (Lipinski definition) is 1. The predicted molar refractivity (Wildman–Crippen MR) is 40.2 cm³/mol. The Morgan fingerprint density at radius 3 is 1.78 bits per heavy atom. The molecule has 0 bridgehead atoms. The normalized spacial score (nSPS) is 43.0. The van der Waals surface area contributed by atoms with Gasteiger partial charge in [-0.25, -0.2) is 0 Å². The number of nitrogens with two attached hydrogens (primary N) is 1. The molecule has 0 unspecified atom stereocenters. The first-order valence-corrected chi connectivity index (χ1v) is 3.63. The van der Waals surface area contributed by atoms with Crippen molar-refractivity contribution < 1.29 is 0 Å². The van der Waals surface area contributed by atoms with Crippen LogP contribution in [0.4, 0.5) is 0 Å². The zero-order chi connectivity index (χ0) is 7.28. The van der Waals surface area contributed by atoms with E-state index in [0.717, 1.165) is 0 Å². The maximum Gasteiger partial charge on any atom is 0.0104 e. The topological polar surface area (TPSA) is 26.0 Å². The smallest absolute Gasteiger partial charge is 0.0104 e. The summed E-state index contributed by atoms with van der Waals surface area (Å²) in [5.41, 5.74) is 6.61. The molecule has 0 aromatic heterocycles. The molecule has 54 valence electrons. The van der Waals surface area contributed by atoms with E-state index in [9.17, 15) is 0 Å². The van der Waals surface area contributed by atoms with Crippen LogP contribution in [-0.2, 0) is 0 Å². The standard InChI is InChI=1S/C8H17N/c1-7(2,3)8(4)5-6(8)9/h6H,5,9H2,1-4H3/t6-,8-/m0/s1. The highest BCUT2D eigenvalue weighted by atomic mass is 14.8. The molecule has 1 nitrogen and oxygen atoms in total. The van der Waals surface area contributed by atoms with Crippen molar-refractivity contribution in [1.29, 1.82) is 0 Å². The van der Waals surface area contributed by atoms with Crippen molar-refractivity contribution in [2.45, 2.75) is 40.2 Å². The van der Waals surface area contributed by atoms with Crippen LogP contribution in [-0.4, -0.2) is 6.04 Å². The minimum absolute atomic E-state index is 0.395. The second-order valence-electron chi connectivity index (χ2n) is 4.48. The van der Waals surface area contributed by atoms with Gasteiger partial charge in [-0.15, -0.1) is 0 Å². The maximum absolute atomic E-state index is 5.79. The van der Waals surface area contributed by atoms with Gasteiger partial charge in [0.25, 0.3) is 0 Å². The molecule has 0 amide bonds. The summed E-state index contributed by atoms with van der Waals surface area (Å²) in [6.07, 6.45) is 1.20. The average Bonchev–Trinajstić information content (AvgIpc) is 2.13. The molecule has 0 aromatic rings. The first-order chi connectivity index (χ1) is 3.88. The summed E-state index contributed by atoms with van der Waals surface area (Å²) in [5.74, 6) is 0. The summed E-state index contributed by atoms with van der Waals surface area (Å²) in [6.45, 7) is 9.07. The zero-order valence-electron chi connectivity index (χ0n) is 6.86. The van der Waals surface area contributed by atoms with Crippen molar-refractivity contribution in [2.24, 2.45) is 16.6 Å². The van der Waals surface area contributed by atoms with Gasteiger partial charge in [0.1, 0.15) is 0 Å². The molecule has 0 aliphatic heterocycles. The van der Waals surface area contributed by atoms with Crippen LogP contribution in [0.1, 0.15) is 34.1 Å². The number of hydrogen-bond donors (Lipinski definition) is 1. The van der Waals surface area contributed by atoms with Gasteiger partial charge in [0.15, 0.2) is 0 Å². The van der Waals surface area contributed by atoms with Crippen LogP contribution in [0.2, 0.25) is 0 Å². The molecule has 0 spiro atoms. The molecule has 2 N–H and O–H groups in total. The second-order valence-corrected chi connectivity index (χ2v) is 4.48. The van der Waals surface area contributed by atoms with Gasteiger partial charge in [-0.3, -0.25) is 0 Å². The minimum atomic E-state index is 0.395. The first-order valence-electron chi connectivity index (χ1n) is 3.63. The highest BCUT2D eigenvalue weighted by Gasteiger charge is 2.55. The van der Waals surface area contributed by atoms with Crippen molar-refractivity contribution in [2.75, 3.05) is 0 Å². The molecule has 1 aliphatic carbocycles. The van der Waals surface area contributed by atoms with Gasteiger partial charge in [-0.05, 0) is 17.3 Å². The Labute approximate surface area is 57.6 Å². The molecule has 1 rings (SSSR count). The van der Waals surface area contributed by atoms with Gasteiger partial charge in [-0.2, -0.15) is 0 Å². The van der Waals surface area contributed by atoms with Gasteiger partial charge < -0.3 is 5.73 Å². The van der Waals surface area contributed by atoms with E-state index in [1.807, 2.05) is 0 Å². The summed E-state index contributed by atoms with van der Waals surface area (Å²) in [7, 11) is 0. The van der Waals surface area contributed by atoms with Gasteiger partial charge in [0, 0.05) is 6.04 Å². The van der Waals surface area contributed by atoms with Gasteiger partial charge >= 0.3 is 0 Å². The molecule has 1 aliphatic rings. The zero-order valence-corrected chi connectivity index (χ0v) is 6.86. The largest absolute Gasteiger partial charge is 0.327 e. The highest BCUT2D eigenvalue weighted by Crippen LogP contribution is 2.56. The fourth-order valence-corrected chi connectivity index (χ4v) is 1.26. The lowest BCUT2D eigenvalue weighted by molar-refractivity contribution is 0.229. The van der Waals surface area contributed by atoms with Crippen LogP contribution in [0.15, 0.2) is 0 Å². The van der Waals surface area contributed by atoms with Crippen molar-refractivity contribution in [3.05, 3.63) is 0 Å². The molecule has 0 aromatic carbocycles. The van der Waals surface area contributed by atoms with Crippen LogP contribution in [0.25, 0.3) is 0 Å². The van der Waals surface area contributed by atoms with E-state index in [4.69, 9.17) is 5.73 Å². The Morgan fingerprint density at radius 2 is 1.78 bits per heavy atom. The lowest BCUT2D eigenvalue weighted by Gasteiger charge is -2.27. The summed E-state index contributed by atoms with van der Waals surface area (Å²) in [4.78, 5) is 0. The van der Waals surface area contributed by atoms with E-state index in [2.05, 4.69) is 27.7 Å². The molecule has 0 heterocycles. The van der Waals surface area contributed by atoms with Crippen molar-refractivity contribution in [3.63, 3.8) is 0 Å². The minimum Gasteiger partial charge on any atom is -0.327 e. The van der Waals surface area contributed by atoms with E-state index < -0.39 is 0 Å². The quantitative estimate of drug-likeness (QED) is 0.527. The van der Waals surface area contributed by atoms with Crippen LogP contribution in [0.5, 0.6) is 0 Å². The van der Waals surface area contributed by atoms with Crippen LogP contribution < -0.4 is 5.73 Å².